The van der Waals surface area contributed by atoms with Gasteiger partial charge in [0.05, 0.1) is 12.7 Å². The van der Waals surface area contributed by atoms with E-state index in [2.05, 4.69) is 0 Å². The Kier molecular flexibility index (Phi) is 5.34. The Hall–Kier alpha value is -1.17. The number of benzene rings is 1. The normalized spacial score (nSPS) is 14.4. The molecule has 2 unspecified atom stereocenters. The summed E-state index contributed by atoms with van der Waals surface area (Å²) >= 11 is 0. The molecule has 0 radical (unpaired) electrons. The van der Waals surface area contributed by atoms with Gasteiger partial charge >= 0.3 is 0 Å². The molecule has 0 bridgehead atoms. The number of aliphatic hydroxyl groups excluding tert-OH is 2. The van der Waals surface area contributed by atoms with Gasteiger partial charge in [0, 0.05) is 6.07 Å². The third-order valence-electron chi connectivity index (χ3n) is 2.37. The summed E-state index contributed by atoms with van der Waals surface area (Å²) in [7, 11) is 0. The van der Waals surface area contributed by atoms with Crippen LogP contribution in [0.5, 0.6) is 5.75 Å². The van der Waals surface area contributed by atoms with Crippen molar-refractivity contribution in [2.45, 2.75) is 25.6 Å². The zero-order valence-electron chi connectivity index (χ0n) is 9.77. The van der Waals surface area contributed by atoms with Crippen molar-refractivity contribution < 1.29 is 19.3 Å². The number of hydrogen-bond acceptors (Lipinski definition) is 4. The second-order valence-corrected chi connectivity index (χ2v) is 3.74. The predicted molar refractivity (Wildman–Crippen MR) is 62.2 cm³/mol. The quantitative estimate of drug-likeness (QED) is 0.696. The van der Waals surface area contributed by atoms with E-state index in [9.17, 15) is 14.6 Å². The van der Waals surface area contributed by atoms with Crippen LogP contribution in [0.15, 0.2) is 18.2 Å². The fraction of sp³-hybridized carbons (Fsp3) is 0.500. The average Bonchev–Trinajstić information content (AvgIpc) is 2.28. The molecule has 1 rings (SSSR count). The summed E-state index contributed by atoms with van der Waals surface area (Å²) in [5, 5.41) is 19.4. The molecule has 5 heteroatoms. The van der Waals surface area contributed by atoms with E-state index in [1.807, 2.05) is 0 Å². The molecule has 0 saturated heterocycles. The van der Waals surface area contributed by atoms with Gasteiger partial charge in [0.1, 0.15) is 17.7 Å². The lowest BCUT2D eigenvalue weighted by atomic mass is 10.0. The minimum Gasteiger partial charge on any atom is -0.494 e. The maximum atomic E-state index is 13.3. The highest BCUT2D eigenvalue weighted by molar-refractivity contribution is 5.31. The first kappa shape index (κ1) is 13.9. The molecule has 0 saturated carbocycles. The second kappa shape index (κ2) is 6.54. The van der Waals surface area contributed by atoms with Crippen molar-refractivity contribution in [1.82, 2.24) is 0 Å². The molecule has 0 fully saturated rings. The second-order valence-electron chi connectivity index (χ2n) is 3.74. The molecule has 96 valence electrons. The molecule has 0 aliphatic carbocycles. The summed E-state index contributed by atoms with van der Waals surface area (Å²) in [5.41, 5.74) is 5.57. The highest BCUT2D eigenvalue weighted by Gasteiger charge is 2.19. The van der Waals surface area contributed by atoms with E-state index in [0.29, 0.717) is 12.4 Å². The van der Waals surface area contributed by atoms with Gasteiger partial charge in [-0.1, -0.05) is 0 Å². The molecule has 4 nitrogen and oxygen atoms in total. The molecular formula is C12H18FNO3. The summed E-state index contributed by atoms with van der Waals surface area (Å²) in [4.78, 5) is 0. The van der Waals surface area contributed by atoms with Gasteiger partial charge in [0.2, 0.25) is 0 Å². The predicted octanol–water partition coefficient (Wildman–Crippen LogP) is 0.968. The lowest BCUT2D eigenvalue weighted by Crippen LogP contribution is -2.21. The summed E-state index contributed by atoms with van der Waals surface area (Å²) in [5.74, 6) is -0.175. The van der Waals surface area contributed by atoms with E-state index in [-0.39, 0.29) is 18.5 Å². The van der Waals surface area contributed by atoms with Crippen molar-refractivity contribution in [2.75, 3.05) is 13.2 Å². The molecule has 0 amide bonds. The highest BCUT2D eigenvalue weighted by atomic mass is 19.1. The molecule has 0 aliphatic rings. The van der Waals surface area contributed by atoms with Crippen LogP contribution in [-0.4, -0.2) is 29.5 Å². The Morgan fingerprint density at radius 1 is 1.35 bits per heavy atom. The molecule has 0 heterocycles. The summed E-state index contributed by atoms with van der Waals surface area (Å²) in [6.07, 6.45) is -1.91. The monoisotopic (exact) mass is 243 g/mol. The summed E-state index contributed by atoms with van der Waals surface area (Å²) in [6, 6.07) is 3.92. The van der Waals surface area contributed by atoms with E-state index < -0.39 is 18.0 Å². The lowest BCUT2D eigenvalue weighted by Gasteiger charge is -2.18. The molecule has 0 aliphatic heterocycles. The van der Waals surface area contributed by atoms with Crippen LogP contribution in [0.3, 0.4) is 0 Å². The number of aliphatic hydroxyl groups is 2. The van der Waals surface area contributed by atoms with Crippen LogP contribution >= 0.6 is 0 Å². The third-order valence-corrected chi connectivity index (χ3v) is 2.37. The highest BCUT2D eigenvalue weighted by Crippen LogP contribution is 2.24. The van der Waals surface area contributed by atoms with Gasteiger partial charge in [-0.25, -0.2) is 4.39 Å². The number of rotatable bonds is 6. The van der Waals surface area contributed by atoms with Crippen molar-refractivity contribution in [2.24, 2.45) is 5.73 Å². The van der Waals surface area contributed by atoms with Gasteiger partial charge in [0.15, 0.2) is 0 Å². The zero-order valence-corrected chi connectivity index (χ0v) is 9.77. The molecule has 0 aromatic heterocycles. The summed E-state index contributed by atoms with van der Waals surface area (Å²) < 4.78 is 18.4. The van der Waals surface area contributed by atoms with Crippen molar-refractivity contribution in [3.63, 3.8) is 0 Å². The first-order valence-corrected chi connectivity index (χ1v) is 5.58. The van der Waals surface area contributed by atoms with Gasteiger partial charge in [0.25, 0.3) is 0 Å². The zero-order chi connectivity index (χ0) is 12.8. The number of nitrogens with two attached hydrogens (primary N) is 1. The molecule has 1 aromatic rings. The number of hydrogen-bond donors (Lipinski definition) is 3. The van der Waals surface area contributed by atoms with E-state index >= 15 is 0 Å². The average molecular weight is 243 g/mol. The van der Waals surface area contributed by atoms with Crippen molar-refractivity contribution in [3.05, 3.63) is 29.6 Å². The van der Waals surface area contributed by atoms with Gasteiger partial charge in [-0.2, -0.15) is 0 Å². The minimum atomic E-state index is -1.16. The number of ether oxygens (including phenoxy) is 1. The maximum Gasteiger partial charge on any atom is 0.127 e. The number of halogens is 1. The smallest absolute Gasteiger partial charge is 0.127 e. The van der Waals surface area contributed by atoms with E-state index in [1.165, 1.54) is 18.2 Å². The Morgan fingerprint density at radius 3 is 2.65 bits per heavy atom. The topological polar surface area (TPSA) is 75.7 Å². The van der Waals surface area contributed by atoms with Crippen LogP contribution in [0.25, 0.3) is 0 Å². The van der Waals surface area contributed by atoms with E-state index in [0.717, 1.165) is 0 Å². The van der Waals surface area contributed by atoms with Crippen molar-refractivity contribution in [3.8, 4) is 5.75 Å². The Labute approximate surface area is 99.8 Å². The molecule has 2 atom stereocenters. The first-order valence-electron chi connectivity index (χ1n) is 5.58. The van der Waals surface area contributed by atoms with Crippen LogP contribution in [0, 0.1) is 5.82 Å². The first-order chi connectivity index (χ1) is 8.08. The molecule has 1 aromatic carbocycles. The largest absolute Gasteiger partial charge is 0.494 e. The van der Waals surface area contributed by atoms with Crippen LogP contribution < -0.4 is 10.5 Å². The van der Waals surface area contributed by atoms with Crippen LogP contribution in [0.2, 0.25) is 0 Å². The lowest BCUT2D eigenvalue weighted by molar-refractivity contribution is 0.0147. The molecular weight excluding hydrogens is 225 g/mol. The Morgan fingerprint density at radius 2 is 2.06 bits per heavy atom. The fourth-order valence-electron chi connectivity index (χ4n) is 1.56. The van der Waals surface area contributed by atoms with Gasteiger partial charge in [-0.3, -0.25) is 0 Å². The third kappa shape index (κ3) is 3.96. The standard InChI is InChI=1S/C12H18FNO3/c1-2-17-10-6-8(5-9(13)7-10)12(16)11(15)3-4-14/h5-7,11-12,15-16H,2-4,14H2,1H3. The molecule has 0 spiro atoms. The van der Waals surface area contributed by atoms with Gasteiger partial charge < -0.3 is 20.7 Å². The van der Waals surface area contributed by atoms with E-state index in [4.69, 9.17) is 10.5 Å². The molecule has 4 N–H and O–H groups in total. The van der Waals surface area contributed by atoms with Gasteiger partial charge in [-0.05, 0) is 37.6 Å². The minimum absolute atomic E-state index is 0.252. The van der Waals surface area contributed by atoms with Crippen LogP contribution in [0.4, 0.5) is 4.39 Å². The van der Waals surface area contributed by atoms with Crippen molar-refractivity contribution in [1.29, 1.82) is 0 Å². The molecule has 17 heavy (non-hydrogen) atoms. The Bertz CT molecular complexity index is 360. The van der Waals surface area contributed by atoms with Crippen LogP contribution in [-0.2, 0) is 0 Å². The summed E-state index contributed by atoms with van der Waals surface area (Å²) in [6.45, 7) is 2.44. The van der Waals surface area contributed by atoms with Crippen LogP contribution in [0.1, 0.15) is 25.0 Å². The van der Waals surface area contributed by atoms with E-state index in [1.54, 1.807) is 6.92 Å². The SMILES string of the molecule is CCOc1cc(F)cc(C(O)C(O)CCN)c1. The Balaban J connectivity index is 2.88. The van der Waals surface area contributed by atoms with Gasteiger partial charge in [-0.15, -0.1) is 0 Å². The maximum absolute atomic E-state index is 13.3. The fourth-order valence-corrected chi connectivity index (χ4v) is 1.56. The van der Waals surface area contributed by atoms with Crippen molar-refractivity contribution >= 4 is 0 Å².